The maximum Gasteiger partial charge on any atom is 0.317 e. The van der Waals surface area contributed by atoms with Crippen LogP contribution in [-0.2, 0) is 4.79 Å². The van der Waals surface area contributed by atoms with Crippen molar-refractivity contribution in [2.75, 3.05) is 57.3 Å². The molecule has 0 bridgehead atoms. The molecular weight excluding hydrogens is 351 g/mol. The summed E-state index contributed by atoms with van der Waals surface area (Å²) in [5.41, 5.74) is 1.03. The van der Waals surface area contributed by atoms with Gasteiger partial charge in [0.1, 0.15) is 5.82 Å². The lowest BCUT2D eigenvalue weighted by atomic mass is 9.99. The zero-order chi connectivity index (χ0) is 19.2. The molecule has 2 saturated heterocycles. The van der Waals surface area contributed by atoms with Crippen LogP contribution >= 0.6 is 0 Å². The number of carbonyl (C=O) groups excluding carboxylic acids is 1. The zero-order valence-corrected chi connectivity index (χ0v) is 15.4. The number of rotatable bonds is 5. The lowest BCUT2D eigenvalue weighted by Gasteiger charge is -2.36. The summed E-state index contributed by atoms with van der Waals surface area (Å²) in [4.78, 5) is 29.5. The van der Waals surface area contributed by atoms with E-state index in [1.807, 2.05) is 0 Å². The number of likely N-dealkylation sites (tertiary alicyclic amines) is 1. The summed E-state index contributed by atoms with van der Waals surface area (Å²) in [6, 6.07) is 6.38. The number of anilines is 1. The number of piperidine rings is 1. The van der Waals surface area contributed by atoms with Gasteiger partial charge in [-0.1, -0.05) is 0 Å². The third-order valence-electron chi connectivity index (χ3n) is 5.33. The molecule has 2 N–H and O–H groups in total. The molecule has 1 unspecified atom stereocenters. The Kier molecular flexibility index (Phi) is 6.49. The van der Waals surface area contributed by atoms with Crippen LogP contribution in [0.25, 0.3) is 0 Å². The molecule has 0 saturated carbocycles. The Bertz CT molecular complexity index is 647. The number of piperazine rings is 1. The first kappa shape index (κ1) is 19.4. The van der Waals surface area contributed by atoms with Crippen LogP contribution in [0.1, 0.15) is 12.8 Å². The molecule has 2 fully saturated rings. The maximum absolute atomic E-state index is 13.0. The van der Waals surface area contributed by atoms with E-state index in [1.165, 1.54) is 12.1 Å². The maximum atomic E-state index is 13.0. The van der Waals surface area contributed by atoms with E-state index in [4.69, 9.17) is 5.11 Å². The molecule has 148 valence electrons. The topological polar surface area (TPSA) is 76.1 Å². The molecule has 27 heavy (non-hydrogen) atoms. The minimum atomic E-state index is -0.827. The molecule has 2 heterocycles. The molecule has 0 radical (unpaired) electrons. The van der Waals surface area contributed by atoms with E-state index < -0.39 is 11.9 Å². The van der Waals surface area contributed by atoms with Crippen LogP contribution in [0.3, 0.4) is 0 Å². The molecule has 1 atom stereocenters. The second-order valence-electron chi connectivity index (χ2n) is 7.16. The molecule has 2 aliphatic rings. The minimum Gasteiger partial charge on any atom is -0.481 e. The summed E-state index contributed by atoms with van der Waals surface area (Å²) < 4.78 is 13.0. The van der Waals surface area contributed by atoms with Gasteiger partial charge in [0.25, 0.3) is 0 Å². The van der Waals surface area contributed by atoms with Gasteiger partial charge in [-0.05, 0) is 37.1 Å². The molecule has 3 rings (SSSR count). The summed E-state index contributed by atoms with van der Waals surface area (Å²) in [6.45, 7) is 5.72. The number of nitrogens with one attached hydrogen (secondary N) is 1. The number of hydrogen-bond donors (Lipinski definition) is 2. The number of hydrogen-bond acceptors (Lipinski definition) is 4. The normalized spacial score (nSPS) is 21.1. The van der Waals surface area contributed by atoms with E-state index in [1.54, 1.807) is 17.0 Å². The molecule has 1 aromatic rings. The highest BCUT2D eigenvalue weighted by Crippen LogP contribution is 2.17. The summed E-state index contributed by atoms with van der Waals surface area (Å²) in [7, 11) is 0. The van der Waals surface area contributed by atoms with E-state index in [0.717, 1.165) is 44.8 Å². The van der Waals surface area contributed by atoms with Crippen molar-refractivity contribution in [2.24, 2.45) is 5.92 Å². The van der Waals surface area contributed by atoms with Gasteiger partial charge in [-0.15, -0.1) is 0 Å². The Labute approximate surface area is 158 Å². The summed E-state index contributed by atoms with van der Waals surface area (Å²) in [5.74, 6) is -1.51. The Hall–Kier alpha value is -2.35. The highest BCUT2D eigenvalue weighted by atomic mass is 19.1. The summed E-state index contributed by atoms with van der Waals surface area (Å²) in [5, 5.41) is 12.0. The average Bonchev–Trinajstić information content (AvgIpc) is 2.69. The number of halogens is 1. The van der Waals surface area contributed by atoms with Crippen LogP contribution in [0.2, 0.25) is 0 Å². The number of carboxylic acids is 1. The van der Waals surface area contributed by atoms with Crippen molar-refractivity contribution in [3.63, 3.8) is 0 Å². The molecule has 0 aliphatic carbocycles. The van der Waals surface area contributed by atoms with E-state index in [-0.39, 0.29) is 18.4 Å². The third-order valence-corrected chi connectivity index (χ3v) is 5.33. The van der Waals surface area contributed by atoms with Crippen LogP contribution in [0.15, 0.2) is 24.3 Å². The number of aliphatic carboxylic acids is 1. The van der Waals surface area contributed by atoms with Gasteiger partial charge in [0.2, 0.25) is 0 Å². The van der Waals surface area contributed by atoms with E-state index >= 15 is 0 Å². The lowest BCUT2D eigenvalue weighted by Crippen LogP contribution is -2.51. The smallest absolute Gasteiger partial charge is 0.317 e. The van der Waals surface area contributed by atoms with Crippen LogP contribution in [0.4, 0.5) is 14.9 Å². The summed E-state index contributed by atoms with van der Waals surface area (Å²) in [6.07, 6.45) is 1.37. The van der Waals surface area contributed by atoms with Gasteiger partial charge >= 0.3 is 12.0 Å². The van der Waals surface area contributed by atoms with Crippen LogP contribution in [-0.4, -0.2) is 79.3 Å². The number of nitrogens with zero attached hydrogens (tertiary/aromatic N) is 3. The predicted octanol–water partition coefficient (Wildman–Crippen LogP) is 1.45. The highest BCUT2D eigenvalue weighted by Gasteiger charge is 2.28. The highest BCUT2D eigenvalue weighted by molar-refractivity contribution is 5.76. The Morgan fingerprint density at radius 1 is 1.11 bits per heavy atom. The van der Waals surface area contributed by atoms with Crippen molar-refractivity contribution in [1.82, 2.24) is 15.1 Å². The molecule has 2 amide bonds. The van der Waals surface area contributed by atoms with Crippen LogP contribution < -0.4 is 10.2 Å². The molecule has 7 nitrogen and oxygen atoms in total. The van der Waals surface area contributed by atoms with Gasteiger partial charge < -0.3 is 20.2 Å². The number of amides is 2. The Balaban J connectivity index is 1.36. The summed E-state index contributed by atoms with van der Waals surface area (Å²) >= 11 is 0. The number of benzene rings is 1. The van der Waals surface area contributed by atoms with Crippen molar-refractivity contribution in [3.05, 3.63) is 30.1 Å². The van der Waals surface area contributed by atoms with Gasteiger partial charge in [-0.2, -0.15) is 0 Å². The van der Waals surface area contributed by atoms with Crippen LogP contribution in [0.5, 0.6) is 0 Å². The van der Waals surface area contributed by atoms with E-state index in [9.17, 15) is 14.0 Å². The molecule has 0 aromatic heterocycles. The fourth-order valence-electron chi connectivity index (χ4n) is 3.68. The SMILES string of the molecule is O=C(O)C1CCCN(C(=O)NCCN2CCN(c3ccc(F)cc3)CC2)C1. The first-order valence-electron chi connectivity index (χ1n) is 9.51. The van der Waals surface area contributed by atoms with Gasteiger partial charge in [0.15, 0.2) is 0 Å². The van der Waals surface area contributed by atoms with Crippen molar-refractivity contribution in [2.45, 2.75) is 12.8 Å². The quantitative estimate of drug-likeness (QED) is 0.811. The van der Waals surface area contributed by atoms with E-state index in [0.29, 0.717) is 19.5 Å². The Morgan fingerprint density at radius 2 is 1.81 bits per heavy atom. The average molecular weight is 378 g/mol. The molecule has 1 aromatic carbocycles. The number of urea groups is 1. The van der Waals surface area contributed by atoms with Gasteiger partial charge in [-0.3, -0.25) is 9.69 Å². The predicted molar refractivity (Wildman–Crippen MR) is 100 cm³/mol. The number of carboxylic acid groups (broad SMARTS) is 1. The number of carbonyl (C=O) groups is 2. The third kappa shape index (κ3) is 5.32. The van der Waals surface area contributed by atoms with E-state index in [2.05, 4.69) is 15.1 Å². The molecule has 0 spiro atoms. The first-order chi connectivity index (χ1) is 13.0. The zero-order valence-electron chi connectivity index (χ0n) is 15.4. The monoisotopic (exact) mass is 378 g/mol. The first-order valence-corrected chi connectivity index (χ1v) is 9.51. The lowest BCUT2D eigenvalue weighted by molar-refractivity contribution is -0.143. The second-order valence-corrected chi connectivity index (χ2v) is 7.16. The second kappa shape index (κ2) is 9.03. The minimum absolute atomic E-state index is 0.175. The van der Waals surface area contributed by atoms with Gasteiger partial charge in [0.05, 0.1) is 5.92 Å². The molecular formula is C19H27FN4O3. The van der Waals surface area contributed by atoms with Crippen molar-refractivity contribution in [1.29, 1.82) is 0 Å². The largest absolute Gasteiger partial charge is 0.481 e. The van der Waals surface area contributed by atoms with Crippen molar-refractivity contribution < 1.29 is 19.1 Å². The van der Waals surface area contributed by atoms with Crippen molar-refractivity contribution >= 4 is 17.7 Å². The standard InChI is InChI=1S/C19H27FN4O3/c20-16-3-5-17(6-4-16)23-12-10-22(11-13-23)9-7-21-19(27)24-8-1-2-15(14-24)18(25)26/h3-6,15H,1-2,7-14H2,(H,21,27)(H,25,26). The van der Waals surface area contributed by atoms with Gasteiger partial charge in [0, 0.05) is 58.0 Å². The fourth-order valence-corrected chi connectivity index (χ4v) is 3.68. The van der Waals surface area contributed by atoms with Gasteiger partial charge in [-0.25, -0.2) is 9.18 Å². The Morgan fingerprint density at radius 3 is 2.48 bits per heavy atom. The molecule has 2 aliphatic heterocycles. The fraction of sp³-hybridized carbons (Fsp3) is 0.579. The molecule has 8 heteroatoms. The van der Waals surface area contributed by atoms with Crippen LogP contribution in [0, 0.1) is 11.7 Å². The van der Waals surface area contributed by atoms with Crippen molar-refractivity contribution in [3.8, 4) is 0 Å².